The molecule has 1 unspecified atom stereocenters. The van der Waals surface area contributed by atoms with Crippen molar-refractivity contribution in [3.63, 3.8) is 0 Å². The topological polar surface area (TPSA) is 74.2 Å². The molecule has 1 aliphatic heterocycles. The van der Waals surface area contributed by atoms with Crippen LogP contribution in [0, 0.1) is 0 Å². The maximum Gasteiger partial charge on any atom is 0.224 e. The van der Waals surface area contributed by atoms with Crippen molar-refractivity contribution in [1.29, 1.82) is 0 Å². The molecule has 4 rings (SSSR count). The molecule has 0 saturated carbocycles. The summed E-state index contributed by atoms with van der Waals surface area (Å²) >= 11 is 1.76. The standard InChI is InChI=1S/C19H23N5OS/c25-14-5-4-12-24(13-14)17-9-11-21-19(23-17)20-10-3-8-18-22-15-6-1-2-7-16(15)26-18/h1-2,6-7,9,11,14,25H,3-5,8,10,12-13H2,(H,20,21,23). The maximum atomic E-state index is 9.84. The molecule has 1 aliphatic rings. The molecule has 1 fully saturated rings. The van der Waals surface area contributed by atoms with Crippen molar-refractivity contribution in [3.05, 3.63) is 41.5 Å². The molecule has 1 atom stereocenters. The van der Waals surface area contributed by atoms with Crippen LogP contribution in [0.25, 0.3) is 10.2 Å². The van der Waals surface area contributed by atoms with E-state index >= 15 is 0 Å². The molecule has 3 aromatic rings. The number of hydrogen-bond acceptors (Lipinski definition) is 7. The number of piperidine rings is 1. The van der Waals surface area contributed by atoms with Gasteiger partial charge in [0.05, 0.1) is 21.3 Å². The second kappa shape index (κ2) is 7.97. The minimum absolute atomic E-state index is 0.260. The van der Waals surface area contributed by atoms with Gasteiger partial charge >= 0.3 is 0 Å². The van der Waals surface area contributed by atoms with Gasteiger partial charge in [-0.15, -0.1) is 11.3 Å². The van der Waals surface area contributed by atoms with E-state index in [1.54, 1.807) is 17.5 Å². The molecule has 136 valence electrons. The monoisotopic (exact) mass is 369 g/mol. The molecule has 26 heavy (non-hydrogen) atoms. The number of fused-ring (bicyclic) bond motifs is 1. The highest BCUT2D eigenvalue weighted by molar-refractivity contribution is 7.18. The van der Waals surface area contributed by atoms with Gasteiger partial charge in [0.1, 0.15) is 5.82 Å². The Hall–Kier alpha value is -2.25. The normalized spacial score (nSPS) is 17.6. The van der Waals surface area contributed by atoms with Crippen molar-refractivity contribution in [2.75, 3.05) is 29.9 Å². The highest BCUT2D eigenvalue weighted by atomic mass is 32.1. The highest BCUT2D eigenvalue weighted by Gasteiger charge is 2.19. The Kier molecular flexibility index (Phi) is 5.26. The van der Waals surface area contributed by atoms with Gasteiger partial charge in [-0.25, -0.2) is 9.97 Å². The SMILES string of the molecule is OC1CCCN(c2ccnc(NCCCc3nc4ccccc4s3)n2)C1. The Morgan fingerprint density at radius 1 is 1.23 bits per heavy atom. The number of aliphatic hydroxyl groups excluding tert-OH is 1. The average Bonchev–Trinajstić information content (AvgIpc) is 3.08. The van der Waals surface area contributed by atoms with E-state index in [0.29, 0.717) is 12.5 Å². The zero-order valence-corrected chi connectivity index (χ0v) is 15.5. The third-order valence-corrected chi connectivity index (χ3v) is 5.65. The van der Waals surface area contributed by atoms with E-state index in [-0.39, 0.29) is 6.10 Å². The molecule has 0 radical (unpaired) electrons. The molecular formula is C19H23N5OS. The molecule has 0 aliphatic carbocycles. The van der Waals surface area contributed by atoms with E-state index in [2.05, 4.69) is 43.4 Å². The van der Waals surface area contributed by atoms with Gasteiger partial charge in [0, 0.05) is 32.3 Å². The predicted molar refractivity (Wildman–Crippen MR) is 106 cm³/mol. The van der Waals surface area contributed by atoms with Gasteiger partial charge in [0.15, 0.2) is 0 Å². The van der Waals surface area contributed by atoms with E-state index in [1.807, 2.05) is 12.1 Å². The Morgan fingerprint density at radius 2 is 2.15 bits per heavy atom. The van der Waals surface area contributed by atoms with Crippen molar-refractivity contribution in [2.45, 2.75) is 31.8 Å². The van der Waals surface area contributed by atoms with Gasteiger partial charge in [-0.05, 0) is 37.5 Å². The fraction of sp³-hybridized carbons (Fsp3) is 0.421. The van der Waals surface area contributed by atoms with Crippen LogP contribution < -0.4 is 10.2 Å². The summed E-state index contributed by atoms with van der Waals surface area (Å²) in [6.07, 6.45) is 5.32. The fourth-order valence-electron chi connectivity index (χ4n) is 3.24. The number of para-hydroxylation sites is 1. The second-order valence-electron chi connectivity index (χ2n) is 6.59. The first kappa shape index (κ1) is 17.2. The van der Waals surface area contributed by atoms with Crippen LogP contribution in [0.4, 0.5) is 11.8 Å². The van der Waals surface area contributed by atoms with Gasteiger partial charge in [-0.3, -0.25) is 0 Å². The molecule has 3 heterocycles. The first-order chi connectivity index (χ1) is 12.8. The van der Waals surface area contributed by atoms with E-state index < -0.39 is 0 Å². The van der Waals surface area contributed by atoms with Crippen LogP contribution in [0.2, 0.25) is 0 Å². The molecule has 1 aromatic carbocycles. The lowest BCUT2D eigenvalue weighted by Crippen LogP contribution is -2.38. The minimum atomic E-state index is -0.260. The summed E-state index contributed by atoms with van der Waals surface area (Å²) in [4.78, 5) is 15.7. The lowest BCUT2D eigenvalue weighted by atomic mass is 10.1. The second-order valence-corrected chi connectivity index (χ2v) is 7.70. The van der Waals surface area contributed by atoms with Crippen LogP contribution in [0.3, 0.4) is 0 Å². The van der Waals surface area contributed by atoms with Gasteiger partial charge in [0.25, 0.3) is 0 Å². The zero-order chi connectivity index (χ0) is 17.8. The van der Waals surface area contributed by atoms with Crippen molar-refractivity contribution in [2.24, 2.45) is 0 Å². The van der Waals surface area contributed by atoms with Crippen molar-refractivity contribution in [3.8, 4) is 0 Å². The Morgan fingerprint density at radius 3 is 3.04 bits per heavy atom. The Bertz CT molecular complexity index is 835. The third-order valence-electron chi connectivity index (χ3n) is 4.55. The number of anilines is 2. The van der Waals surface area contributed by atoms with Crippen molar-refractivity contribution >= 4 is 33.3 Å². The number of hydrogen-bond donors (Lipinski definition) is 2. The van der Waals surface area contributed by atoms with Gasteiger partial charge in [-0.2, -0.15) is 4.98 Å². The van der Waals surface area contributed by atoms with E-state index in [0.717, 1.165) is 50.1 Å². The summed E-state index contributed by atoms with van der Waals surface area (Å²) in [5, 5.41) is 14.3. The number of aryl methyl sites for hydroxylation is 1. The molecule has 0 amide bonds. The minimum Gasteiger partial charge on any atom is -0.391 e. The molecule has 1 saturated heterocycles. The molecular weight excluding hydrogens is 346 g/mol. The average molecular weight is 369 g/mol. The Balaban J connectivity index is 1.30. The molecule has 0 spiro atoms. The van der Waals surface area contributed by atoms with Gasteiger partial charge < -0.3 is 15.3 Å². The molecule has 6 nitrogen and oxygen atoms in total. The molecule has 0 bridgehead atoms. The number of β-amino-alcohol motifs (C(OH)–C–C–N with tert-alkyl or cyclic N) is 1. The largest absolute Gasteiger partial charge is 0.391 e. The van der Waals surface area contributed by atoms with E-state index in [1.165, 1.54) is 9.71 Å². The summed E-state index contributed by atoms with van der Waals surface area (Å²) in [7, 11) is 0. The summed E-state index contributed by atoms with van der Waals surface area (Å²) in [5.41, 5.74) is 1.08. The van der Waals surface area contributed by atoms with Crippen LogP contribution in [-0.4, -0.2) is 45.8 Å². The van der Waals surface area contributed by atoms with Gasteiger partial charge in [0.2, 0.25) is 5.95 Å². The molecule has 7 heteroatoms. The third kappa shape index (κ3) is 4.11. The number of aromatic nitrogens is 3. The van der Waals surface area contributed by atoms with Gasteiger partial charge in [-0.1, -0.05) is 12.1 Å². The van der Waals surface area contributed by atoms with Crippen LogP contribution in [0.5, 0.6) is 0 Å². The number of benzene rings is 1. The van der Waals surface area contributed by atoms with E-state index in [4.69, 9.17) is 0 Å². The smallest absolute Gasteiger partial charge is 0.224 e. The summed E-state index contributed by atoms with van der Waals surface area (Å²) in [5.74, 6) is 1.53. The van der Waals surface area contributed by atoms with Crippen LogP contribution in [-0.2, 0) is 6.42 Å². The summed E-state index contributed by atoms with van der Waals surface area (Å²) < 4.78 is 1.25. The highest BCUT2D eigenvalue weighted by Crippen LogP contribution is 2.22. The lowest BCUT2D eigenvalue weighted by molar-refractivity contribution is 0.154. The number of nitrogens with zero attached hydrogens (tertiary/aromatic N) is 4. The maximum absolute atomic E-state index is 9.84. The lowest BCUT2D eigenvalue weighted by Gasteiger charge is -2.31. The first-order valence-corrected chi connectivity index (χ1v) is 9.94. The number of nitrogens with one attached hydrogen (secondary N) is 1. The van der Waals surface area contributed by atoms with E-state index in [9.17, 15) is 5.11 Å². The van der Waals surface area contributed by atoms with Crippen LogP contribution in [0.1, 0.15) is 24.3 Å². The summed E-state index contributed by atoms with van der Waals surface area (Å²) in [6.45, 7) is 2.39. The first-order valence-electron chi connectivity index (χ1n) is 9.12. The van der Waals surface area contributed by atoms with Crippen molar-refractivity contribution < 1.29 is 5.11 Å². The van der Waals surface area contributed by atoms with Crippen LogP contribution in [0.15, 0.2) is 36.5 Å². The Labute approximate surface area is 156 Å². The molecule has 2 aromatic heterocycles. The summed E-state index contributed by atoms with van der Waals surface area (Å²) in [6, 6.07) is 10.2. The predicted octanol–water partition coefficient (Wildman–Crippen LogP) is 3.09. The molecule has 2 N–H and O–H groups in total. The van der Waals surface area contributed by atoms with Crippen molar-refractivity contribution in [1.82, 2.24) is 15.0 Å². The number of thiazole rings is 1. The van der Waals surface area contributed by atoms with Crippen LogP contribution >= 0.6 is 11.3 Å². The quantitative estimate of drug-likeness (QED) is 0.651. The number of aliphatic hydroxyl groups is 1. The zero-order valence-electron chi connectivity index (χ0n) is 14.6. The number of rotatable bonds is 6. The fourth-order valence-corrected chi connectivity index (χ4v) is 4.25.